The van der Waals surface area contributed by atoms with E-state index in [1.54, 1.807) is 29.8 Å². The summed E-state index contributed by atoms with van der Waals surface area (Å²) in [7, 11) is 2.53. The lowest BCUT2D eigenvalue weighted by Crippen LogP contribution is -2.50. The first-order valence-electron chi connectivity index (χ1n) is 19.7. The minimum absolute atomic E-state index is 0.104. The Labute approximate surface area is 338 Å². The maximum atomic E-state index is 13.6. The second-order valence-corrected chi connectivity index (χ2v) is 15.5. The van der Waals surface area contributed by atoms with E-state index in [0.29, 0.717) is 24.8 Å². The van der Waals surface area contributed by atoms with Gasteiger partial charge in [0, 0.05) is 23.5 Å². The third-order valence-electron chi connectivity index (χ3n) is 10.9. The zero-order valence-electron chi connectivity index (χ0n) is 34.9. The highest BCUT2D eigenvalue weighted by Crippen LogP contribution is 2.43. The molecule has 0 saturated heterocycles. The zero-order chi connectivity index (χ0) is 42.0. The van der Waals surface area contributed by atoms with Crippen LogP contribution in [0.4, 0.5) is 9.59 Å². The van der Waals surface area contributed by atoms with E-state index >= 15 is 0 Å². The molecule has 0 bridgehead atoms. The van der Waals surface area contributed by atoms with Crippen LogP contribution in [0.25, 0.3) is 44.2 Å². The molecule has 0 aliphatic carbocycles. The Kier molecular flexibility index (Phi) is 12.3. The molecule has 1 aliphatic heterocycles. The SMILES string of the molecule is CCC(C)N(C(=O)C(C)NC(=O)OC)C(C)c1ncc(-c2ccc3c(c2)COc2cc4c(ccc5[nH]c(C(C)N(CC(C)C)C(=O)C(C)NC(=O)OC)nc54)cc2-3)[nH]1. The number of rotatable bonds is 13. The summed E-state index contributed by atoms with van der Waals surface area (Å²) < 4.78 is 15.8. The van der Waals surface area contributed by atoms with Crippen molar-refractivity contribution in [1.82, 2.24) is 40.4 Å². The normalized spacial score (nSPS) is 14.7. The number of carbonyl (C=O) groups is 4. The van der Waals surface area contributed by atoms with Gasteiger partial charge in [-0.3, -0.25) is 9.59 Å². The molecule has 3 aromatic carbocycles. The van der Waals surface area contributed by atoms with E-state index in [1.165, 1.54) is 14.2 Å². The number of methoxy groups -OCH3 is 2. The molecule has 15 nitrogen and oxygen atoms in total. The zero-order valence-corrected chi connectivity index (χ0v) is 34.9. The smallest absolute Gasteiger partial charge is 0.407 e. The first-order chi connectivity index (χ1) is 27.6. The van der Waals surface area contributed by atoms with Gasteiger partial charge in [-0.15, -0.1) is 0 Å². The average molecular weight is 795 g/mol. The summed E-state index contributed by atoms with van der Waals surface area (Å²) in [5, 5.41) is 7.09. The Hall–Kier alpha value is -6.12. The summed E-state index contributed by atoms with van der Waals surface area (Å²) in [4.78, 5) is 70.9. The molecule has 0 radical (unpaired) electrons. The van der Waals surface area contributed by atoms with Crippen molar-refractivity contribution < 1.29 is 33.4 Å². The van der Waals surface area contributed by atoms with Gasteiger partial charge in [0.25, 0.3) is 0 Å². The number of H-pyrrole nitrogens is 2. The van der Waals surface area contributed by atoms with Crippen LogP contribution in [-0.2, 0) is 25.7 Å². The molecular weight excluding hydrogens is 741 g/mol. The Morgan fingerprint density at radius 1 is 0.828 bits per heavy atom. The number of benzene rings is 3. The minimum atomic E-state index is -0.780. The summed E-state index contributed by atoms with van der Waals surface area (Å²) in [6.07, 6.45) is 1.17. The third-order valence-corrected chi connectivity index (χ3v) is 10.9. The van der Waals surface area contributed by atoms with Crippen molar-refractivity contribution in [2.45, 2.75) is 98.6 Å². The first kappa shape index (κ1) is 41.5. The van der Waals surface area contributed by atoms with E-state index in [2.05, 4.69) is 55.9 Å². The molecule has 0 fully saturated rings. The van der Waals surface area contributed by atoms with E-state index in [-0.39, 0.29) is 29.8 Å². The van der Waals surface area contributed by atoms with E-state index in [9.17, 15) is 19.2 Å². The van der Waals surface area contributed by atoms with Crippen LogP contribution in [0.3, 0.4) is 0 Å². The molecule has 5 atom stereocenters. The van der Waals surface area contributed by atoms with Crippen LogP contribution in [0, 0.1) is 5.92 Å². The average Bonchev–Trinajstić information content (AvgIpc) is 3.90. The van der Waals surface area contributed by atoms with Crippen molar-refractivity contribution in [1.29, 1.82) is 0 Å². The lowest BCUT2D eigenvalue weighted by Gasteiger charge is -2.35. The number of imidazole rings is 2. The van der Waals surface area contributed by atoms with Crippen LogP contribution < -0.4 is 15.4 Å². The summed E-state index contributed by atoms with van der Waals surface area (Å²) in [6, 6.07) is 12.0. The van der Waals surface area contributed by atoms with Gasteiger partial charge in [0.1, 0.15) is 36.1 Å². The molecule has 5 aromatic rings. The standard InChI is InChI=1S/C43H54N8O7/c1-11-23(4)51(41(53)25(6)46-43(55)57-10)27(8)38-44-19-35(48-38)29-12-14-31-30(16-29)21-58-36-18-32-28(17-33(31)36)13-15-34-37(32)49-39(47-34)26(7)50(20-22(2)3)40(52)24(5)45-42(54)56-9/h12-19,22-27H,11,20-21H2,1-10H3,(H,44,48)(H,45,54)(H,46,55)(H,47,49). The summed E-state index contributed by atoms with van der Waals surface area (Å²) in [6.45, 7) is 16.1. The van der Waals surface area contributed by atoms with Crippen molar-refractivity contribution in [3.63, 3.8) is 0 Å². The molecule has 308 valence electrons. The first-order valence-corrected chi connectivity index (χ1v) is 19.7. The van der Waals surface area contributed by atoms with Gasteiger partial charge in [-0.25, -0.2) is 19.6 Å². The molecule has 15 heteroatoms. The molecule has 4 amide bonds. The Morgan fingerprint density at radius 3 is 2.17 bits per heavy atom. The maximum Gasteiger partial charge on any atom is 0.407 e. The molecule has 3 heterocycles. The minimum Gasteiger partial charge on any atom is -0.488 e. The number of amides is 4. The topological polar surface area (TPSA) is 184 Å². The molecule has 5 unspecified atom stereocenters. The summed E-state index contributed by atoms with van der Waals surface area (Å²) in [5.74, 6) is 1.74. The number of ether oxygens (including phenoxy) is 3. The van der Waals surface area contributed by atoms with Gasteiger partial charge in [-0.05, 0) is 93.3 Å². The highest BCUT2D eigenvalue weighted by molar-refractivity contribution is 6.07. The molecule has 0 saturated carbocycles. The maximum absolute atomic E-state index is 13.6. The highest BCUT2D eigenvalue weighted by Gasteiger charge is 2.33. The number of hydrogen-bond acceptors (Lipinski definition) is 9. The van der Waals surface area contributed by atoms with Gasteiger partial charge in [-0.2, -0.15) is 0 Å². The van der Waals surface area contributed by atoms with Crippen molar-refractivity contribution in [2.75, 3.05) is 20.8 Å². The van der Waals surface area contributed by atoms with Gasteiger partial charge in [-0.1, -0.05) is 39.0 Å². The number of aromatic amines is 2. The summed E-state index contributed by atoms with van der Waals surface area (Å²) >= 11 is 0. The molecule has 4 N–H and O–H groups in total. The predicted octanol–water partition coefficient (Wildman–Crippen LogP) is 7.39. The number of nitrogens with zero attached hydrogens (tertiary/aromatic N) is 4. The largest absolute Gasteiger partial charge is 0.488 e. The Balaban J connectivity index is 1.26. The number of carbonyl (C=O) groups excluding carboxylic acids is 4. The quantitative estimate of drug-likeness (QED) is 0.0944. The van der Waals surface area contributed by atoms with Gasteiger partial charge >= 0.3 is 12.2 Å². The van der Waals surface area contributed by atoms with E-state index in [1.807, 2.05) is 53.7 Å². The molecule has 58 heavy (non-hydrogen) atoms. The lowest BCUT2D eigenvalue weighted by molar-refractivity contribution is -0.138. The molecule has 1 aliphatic rings. The van der Waals surface area contributed by atoms with Crippen LogP contribution >= 0.6 is 0 Å². The molecular formula is C43H54N8O7. The monoisotopic (exact) mass is 794 g/mol. The third kappa shape index (κ3) is 8.29. The predicted molar refractivity (Wildman–Crippen MR) is 221 cm³/mol. The second kappa shape index (κ2) is 17.2. The number of nitrogens with one attached hydrogen (secondary N) is 4. The van der Waals surface area contributed by atoms with Gasteiger partial charge < -0.3 is 44.6 Å². The van der Waals surface area contributed by atoms with Crippen LogP contribution in [0.2, 0.25) is 0 Å². The van der Waals surface area contributed by atoms with Crippen LogP contribution in [0.5, 0.6) is 5.75 Å². The van der Waals surface area contributed by atoms with Crippen molar-refractivity contribution >= 4 is 45.8 Å². The fraction of sp³-hybridized carbons (Fsp3) is 0.442. The van der Waals surface area contributed by atoms with E-state index in [4.69, 9.17) is 19.2 Å². The Bertz CT molecular complexity index is 2330. The van der Waals surface area contributed by atoms with Crippen LogP contribution in [0.15, 0.2) is 48.7 Å². The highest BCUT2D eigenvalue weighted by atomic mass is 16.5. The van der Waals surface area contributed by atoms with Gasteiger partial charge in [0.2, 0.25) is 11.8 Å². The van der Waals surface area contributed by atoms with E-state index in [0.717, 1.165) is 61.9 Å². The number of hydrogen-bond donors (Lipinski definition) is 4. The van der Waals surface area contributed by atoms with Crippen molar-refractivity contribution in [3.05, 3.63) is 65.9 Å². The number of fused-ring (bicyclic) bond motifs is 6. The number of alkyl carbamates (subject to hydrolysis) is 2. The fourth-order valence-electron chi connectivity index (χ4n) is 7.53. The van der Waals surface area contributed by atoms with E-state index < -0.39 is 30.3 Å². The number of aromatic nitrogens is 4. The van der Waals surface area contributed by atoms with Gasteiger partial charge in [0.05, 0.1) is 49.2 Å². The molecule has 6 rings (SSSR count). The van der Waals surface area contributed by atoms with Crippen LogP contribution in [-0.4, -0.2) is 92.6 Å². The lowest BCUT2D eigenvalue weighted by atomic mass is 9.92. The fourth-order valence-corrected chi connectivity index (χ4v) is 7.53. The van der Waals surface area contributed by atoms with Crippen molar-refractivity contribution in [2.24, 2.45) is 5.92 Å². The molecule has 0 spiro atoms. The second-order valence-electron chi connectivity index (χ2n) is 15.5. The van der Waals surface area contributed by atoms with Gasteiger partial charge in [0.15, 0.2) is 0 Å². The van der Waals surface area contributed by atoms with Crippen LogP contribution in [0.1, 0.15) is 91.1 Å². The Morgan fingerprint density at radius 2 is 1.52 bits per heavy atom. The molecule has 2 aromatic heterocycles. The summed E-state index contributed by atoms with van der Waals surface area (Å²) in [5.41, 5.74) is 6.41. The van der Waals surface area contributed by atoms with Crippen molar-refractivity contribution in [3.8, 4) is 28.1 Å².